The molecule has 2 fully saturated rings. The molecule has 0 amide bonds. The Kier molecular flexibility index (Phi) is 3.93. The molecule has 0 aromatic carbocycles. The normalized spacial score (nSPS) is 24.5. The van der Waals surface area contributed by atoms with Crippen molar-refractivity contribution in [2.75, 3.05) is 29.2 Å². The third-order valence-electron chi connectivity index (χ3n) is 3.86. The maximum Gasteiger partial charge on any atom is 0.239 e. The molecule has 1 aromatic heterocycles. The van der Waals surface area contributed by atoms with E-state index in [1.165, 1.54) is 12.8 Å². The number of nitrogens with zero attached hydrogens (tertiary/aromatic N) is 1. The Morgan fingerprint density at radius 1 is 1.33 bits per heavy atom. The van der Waals surface area contributed by atoms with Crippen molar-refractivity contribution in [3.63, 3.8) is 0 Å². The average molecular weight is 311 g/mol. The Labute approximate surface area is 125 Å². The van der Waals surface area contributed by atoms with Crippen LogP contribution in [0.5, 0.6) is 5.88 Å². The van der Waals surface area contributed by atoms with E-state index in [1.54, 1.807) is 12.1 Å². The Balaban J connectivity index is 1.65. The molecule has 3 N–H and O–H groups in total. The number of ether oxygens (including phenoxy) is 1. The molecule has 1 saturated carbocycles. The first kappa shape index (κ1) is 14.4. The molecule has 3 rings (SSSR count). The number of nitrogens with two attached hydrogens (primary N) is 1. The molecule has 21 heavy (non-hydrogen) atoms. The molecule has 2 heterocycles. The summed E-state index contributed by atoms with van der Waals surface area (Å²) in [6.45, 7) is 0.651. The van der Waals surface area contributed by atoms with E-state index in [-0.39, 0.29) is 17.5 Å². The Hall–Kier alpha value is -1.50. The molecule has 2 aliphatic rings. The SMILES string of the molecule is Nc1ccc(NC2CCCS(=O)(=O)C2)nc1OCC1CC1. The average Bonchev–Trinajstić information content (AvgIpc) is 3.22. The molecule has 7 heteroatoms. The van der Waals surface area contributed by atoms with Gasteiger partial charge in [0.1, 0.15) is 5.82 Å². The maximum atomic E-state index is 11.7. The van der Waals surface area contributed by atoms with Gasteiger partial charge in [-0.1, -0.05) is 0 Å². The molecule has 1 saturated heterocycles. The topological polar surface area (TPSA) is 94.3 Å². The van der Waals surface area contributed by atoms with Crippen molar-refractivity contribution in [1.29, 1.82) is 0 Å². The van der Waals surface area contributed by atoms with E-state index in [4.69, 9.17) is 10.5 Å². The molecule has 1 aliphatic carbocycles. The zero-order valence-electron chi connectivity index (χ0n) is 11.9. The lowest BCUT2D eigenvalue weighted by atomic mass is 10.2. The van der Waals surface area contributed by atoms with Crippen LogP contribution in [0.3, 0.4) is 0 Å². The van der Waals surface area contributed by atoms with Gasteiger partial charge in [0.15, 0.2) is 9.84 Å². The number of rotatable bonds is 5. The van der Waals surface area contributed by atoms with Crippen LogP contribution in [0.4, 0.5) is 11.5 Å². The number of nitrogens with one attached hydrogen (secondary N) is 1. The van der Waals surface area contributed by atoms with Crippen molar-refractivity contribution >= 4 is 21.3 Å². The Bertz CT molecular complexity index is 614. The molecule has 0 radical (unpaired) electrons. The summed E-state index contributed by atoms with van der Waals surface area (Å²) in [7, 11) is -2.93. The van der Waals surface area contributed by atoms with Crippen LogP contribution in [-0.2, 0) is 9.84 Å². The highest BCUT2D eigenvalue weighted by Gasteiger charge is 2.25. The zero-order valence-corrected chi connectivity index (χ0v) is 12.7. The fourth-order valence-corrected chi connectivity index (χ4v) is 4.11. The van der Waals surface area contributed by atoms with Crippen LogP contribution in [0.25, 0.3) is 0 Å². The standard InChI is InChI=1S/C14H21N3O3S/c15-12-5-6-13(17-14(12)20-8-10-3-4-10)16-11-2-1-7-21(18,19)9-11/h5-6,10-11H,1-4,7-9,15H2,(H,16,17). The maximum absolute atomic E-state index is 11.7. The first-order chi connectivity index (χ1) is 10.0. The van der Waals surface area contributed by atoms with Gasteiger partial charge < -0.3 is 15.8 Å². The summed E-state index contributed by atoms with van der Waals surface area (Å²) in [5, 5.41) is 3.18. The lowest BCUT2D eigenvalue weighted by Crippen LogP contribution is -2.35. The number of hydrogen-bond donors (Lipinski definition) is 2. The van der Waals surface area contributed by atoms with E-state index in [2.05, 4.69) is 10.3 Å². The Morgan fingerprint density at radius 2 is 2.14 bits per heavy atom. The van der Waals surface area contributed by atoms with Gasteiger partial charge >= 0.3 is 0 Å². The van der Waals surface area contributed by atoms with Crippen LogP contribution >= 0.6 is 0 Å². The summed E-state index contributed by atoms with van der Waals surface area (Å²) in [6.07, 6.45) is 3.94. The van der Waals surface area contributed by atoms with E-state index < -0.39 is 9.84 Å². The second kappa shape index (κ2) is 5.71. The van der Waals surface area contributed by atoms with Crippen molar-refractivity contribution in [3.8, 4) is 5.88 Å². The fraction of sp³-hybridized carbons (Fsp3) is 0.643. The number of aromatic nitrogens is 1. The van der Waals surface area contributed by atoms with E-state index >= 15 is 0 Å². The van der Waals surface area contributed by atoms with Gasteiger partial charge in [-0.15, -0.1) is 0 Å². The van der Waals surface area contributed by atoms with Gasteiger partial charge in [0, 0.05) is 6.04 Å². The predicted molar refractivity (Wildman–Crippen MR) is 82.2 cm³/mol. The highest BCUT2D eigenvalue weighted by Crippen LogP contribution is 2.31. The van der Waals surface area contributed by atoms with Crippen LogP contribution in [0.15, 0.2) is 12.1 Å². The molecule has 6 nitrogen and oxygen atoms in total. The minimum absolute atomic E-state index is 0.0869. The Morgan fingerprint density at radius 3 is 2.86 bits per heavy atom. The number of hydrogen-bond acceptors (Lipinski definition) is 6. The highest BCUT2D eigenvalue weighted by atomic mass is 32.2. The van der Waals surface area contributed by atoms with Gasteiger partial charge in [-0.05, 0) is 43.7 Å². The van der Waals surface area contributed by atoms with Gasteiger partial charge in [-0.2, -0.15) is 4.98 Å². The highest BCUT2D eigenvalue weighted by molar-refractivity contribution is 7.91. The minimum atomic E-state index is -2.93. The van der Waals surface area contributed by atoms with Crippen molar-refractivity contribution in [2.24, 2.45) is 5.92 Å². The molecule has 1 aromatic rings. The van der Waals surface area contributed by atoms with Gasteiger partial charge in [0.2, 0.25) is 5.88 Å². The van der Waals surface area contributed by atoms with Crippen molar-refractivity contribution < 1.29 is 13.2 Å². The van der Waals surface area contributed by atoms with Gasteiger partial charge in [-0.3, -0.25) is 0 Å². The molecule has 0 spiro atoms. The van der Waals surface area contributed by atoms with Crippen LogP contribution in [0, 0.1) is 5.92 Å². The molecular formula is C14H21N3O3S. The summed E-state index contributed by atoms with van der Waals surface area (Å²) in [5.41, 5.74) is 6.37. The predicted octanol–water partition coefficient (Wildman–Crippen LogP) is 1.44. The second-order valence-corrected chi connectivity index (χ2v) is 8.17. The van der Waals surface area contributed by atoms with Gasteiger partial charge in [0.05, 0.1) is 23.8 Å². The van der Waals surface area contributed by atoms with E-state index in [9.17, 15) is 8.42 Å². The van der Waals surface area contributed by atoms with Crippen LogP contribution < -0.4 is 15.8 Å². The molecule has 0 bridgehead atoms. The van der Waals surface area contributed by atoms with Crippen LogP contribution in [-0.4, -0.2) is 37.6 Å². The smallest absolute Gasteiger partial charge is 0.239 e. The van der Waals surface area contributed by atoms with Gasteiger partial charge in [0.25, 0.3) is 0 Å². The van der Waals surface area contributed by atoms with Crippen LogP contribution in [0.1, 0.15) is 25.7 Å². The first-order valence-electron chi connectivity index (χ1n) is 7.38. The number of sulfone groups is 1. The third-order valence-corrected chi connectivity index (χ3v) is 5.68. The molecule has 1 unspecified atom stereocenters. The summed E-state index contributed by atoms with van der Waals surface area (Å²) in [5.74, 6) is 2.14. The molecule has 1 atom stereocenters. The summed E-state index contributed by atoms with van der Waals surface area (Å²) >= 11 is 0. The van der Waals surface area contributed by atoms with E-state index in [0.29, 0.717) is 36.3 Å². The third kappa shape index (κ3) is 4.00. The largest absolute Gasteiger partial charge is 0.476 e. The van der Waals surface area contributed by atoms with Crippen molar-refractivity contribution in [1.82, 2.24) is 4.98 Å². The number of pyridine rings is 1. The van der Waals surface area contributed by atoms with Gasteiger partial charge in [-0.25, -0.2) is 8.42 Å². The van der Waals surface area contributed by atoms with Crippen molar-refractivity contribution in [3.05, 3.63) is 12.1 Å². The molecule has 1 aliphatic heterocycles. The quantitative estimate of drug-likeness (QED) is 0.854. The first-order valence-corrected chi connectivity index (χ1v) is 9.20. The number of nitrogen functional groups attached to an aromatic ring is 1. The van der Waals surface area contributed by atoms with E-state index in [0.717, 1.165) is 6.42 Å². The molecular weight excluding hydrogens is 290 g/mol. The minimum Gasteiger partial charge on any atom is -0.476 e. The summed E-state index contributed by atoms with van der Waals surface area (Å²) < 4.78 is 28.9. The lowest BCUT2D eigenvalue weighted by Gasteiger charge is -2.23. The fourth-order valence-electron chi connectivity index (χ4n) is 2.47. The zero-order chi connectivity index (χ0) is 14.9. The monoisotopic (exact) mass is 311 g/mol. The van der Waals surface area contributed by atoms with E-state index in [1.807, 2.05) is 0 Å². The second-order valence-electron chi connectivity index (χ2n) is 5.94. The summed E-state index contributed by atoms with van der Waals surface area (Å²) in [6, 6.07) is 3.42. The number of anilines is 2. The molecule has 116 valence electrons. The summed E-state index contributed by atoms with van der Waals surface area (Å²) in [4.78, 5) is 4.36. The van der Waals surface area contributed by atoms with Crippen molar-refractivity contribution in [2.45, 2.75) is 31.7 Å². The lowest BCUT2D eigenvalue weighted by molar-refractivity contribution is 0.290. The van der Waals surface area contributed by atoms with Crippen LogP contribution in [0.2, 0.25) is 0 Å².